The van der Waals surface area contributed by atoms with Crippen molar-refractivity contribution < 1.29 is 18.0 Å². The van der Waals surface area contributed by atoms with Gasteiger partial charge in [0.05, 0.1) is 23.7 Å². The highest BCUT2D eigenvalue weighted by Gasteiger charge is 2.51. The number of likely N-dealkylation sites (tertiary alicyclic amines) is 1. The van der Waals surface area contributed by atoms with Crippen LogP contribution >= 0.6 is 0 Å². The highest BCUT2D eigenvalue weighted by molar-refractivity contribution is 5.93. The number of amides is 1. The zero-order chi connectivity index (χ0) is 14.9. The van der Waals surface area contributed by atoms with Gasteiger partial charge < -0.3 is 10.2 Å². The van der Waals surface area contributed by atoms with Crippen molar-refractivity contribution in [3.05, 3.63) is 24.0 Å². The SMILES string of the molecule is Cc1ccncc1NC(=O)[C@@H]1CN(C)C[C@H]1C(F)(F)F. The molecule has 2 atom stereocenters. The molecular formula is C13H16F3N3O. The summed E-state index contributed by atoms with van der Waals surface area (Å²) in [5.74, 6) is -3.31. The Morgan fingerprint density at radius 1 is 1.45 bits per heavy atom. The molecule has 1 aromatic rings. The van der Waals surface area contributed by atoms with Gasteiger partial charge >= 0.3 is 6.18 Å². The minimum atomic E-state index is -4.36. The molecule has 2 rings (SSSR count). The van der Waals surface area contributed by atoms with Crippen LogP contribution in [0.3, 0.4) is 0 Å². The van der Waals surface area contributed by atoms with Gasteiger partial charge in [-0.3, -0.25) is 9.78 Å². The van der Waals surface area contributed by atoms with Crippen LogP contribution in [-0.4, -0.2) is 42.1 Å². The molecule has 110 valence electrons. The van der Waals surface area contributed by atoms with Crippen molar-refractivity contribution >= 4 is 11.6 Å². The van der Waals surface area contributed by atoms with Gasteiger partial charge in [0.1, 0.15) is 0 Å². The molecule has 1 saturated heterocycles. The molecule has 0 bridgehead atoms. The van der Waals surface area contributed by atoms with Crippen LogP contribution in [0.4, 0.5) is 18.9 Å². The van der Waals surface area contributed by atoms with E-state index in [1.54, 1.807) is 26.2 Å². The summed E-state index contributed by atoms with van der Waals surface area (Å²) >= 11 is 0. The summed E-state index contributed by atoms with van der Waals surface area (Å²) in [7, 11) is 1.58. The van der Waals surface area contributed by atoms with Gasteiger partial charge in [-0.15, -0.1) is 0 Å². The highest BCUT2D eigenvalue weighted by Crippen LogP contribution is 2.37. The molecule has 1 aromatic heterocycles. The first-order chi connectivity index (χ1) is 9.29. The third kappa shape index (κ3) is 3.09. The van der Waals surface area contributed by atoms with Crippen molar-refractivity contribution in [3.63, 3.8) is 0 Å². The zero-order valence-electron chi connectivity index (χ0n) is 11.2. The molecular weight excluding hydrogens is 271 g/mol. The Kier molecular flexibility index (Phi) is 3.99. The zero-order valence-corrected chi connectivity index (χ0v) is 11.2. The molecule has 0 unspecified atom stereocenters. The molecule has 0 spiro atoms. The van der Waals surface area contributed by atoms with Gasteiger partial charge in [0.2, 0.25) is 5.91 Å². The second-order valence-corrected chi connectivity index (χ2v) is 5.16. The number of nitrogens with one attached hydrogen (secondary N) is 1. The molecule has 7 heteroatoms. The quantitative estimate of drug-likeness (QED) is 0.905. The van der Waals surface area contributed by atoms with Gasteiger partial charge in [-0.2, -0.15) is 13.2 Å². The minimum absolute atomic E-state index is 0.106. The first-order valence-electron chi connectivity index (χ1n) is 6.26. The van der Waals surface area contributed by atoms with E-state index in [1.807, 2.05) is 0 Å². The van der Waals surface area contributed by atoms with Crippen molar-refractivity contribution in [2.24, 2.45) is 11.8 Å². The first kappa shape index (κ1) is 14.8. The lowest BCUT2D eigenvalue weighted by molar-refractivity contribution is -0.182. The number of aryl methyl sites for hydroxylation is 1. The highest BCUT2D eigenvalue weighted by atomic mass is 19.4. The molecule has 4 nitrogen and oxygen atoms in total. The Hall–Kier alpha value is -1.63. The average Bonchev–Trinajstić information content (AvgIpc) is 2.74. The molecule has 0 aliphatic carbocycles. The smallest absolute Gasteiger partial charge is 0.324 e. The summed E-state index contributed by atoms with van der Waals surface area (Å²) in [5, 5.41) is 2.55. The normalized spacial score (nSPS) is 23.9. The summed E-state index contributed by atoms with van der Waals surface area (Å²) in [5.41, 5.74) is 1.22. The average molecular weight is 287 g/mol. The Morgan fingerprint density at radius 2 is 2.15 bits per heavy atom. The van der Waals surface area contributed by atoms with Gasteiger partial charge in [-0.05, 0) is 25.6 Å². The molecule has 0 saturated carbocycles. The van der Waals surface area contributed by atoms with Crippen molar-refractivity contribution in [2.75, 3.05) is 25.5 Å². The Bertz CT molecular complexity index is 504. The number of hydrogen-bond donors (Lipinski definition) is 1. The number of rotatable bonds is 2. The largest absolute Gasteiger partial charge is 0.393 e. The summed E-state index contributed by atoms with van der Waals surface area (Å²) in [6.45, 7) is 1.72. The Morgan fingerprint density at radius 3 is 2.75 bits per heavy atom. The van der Waals surface area contributed by atoms with Crippen molar-refractivity contribution in [1.29, 1.82) is 0 Å². The van der Waals surface area contributed by atoms with Crippen LogP contribution in [0.2, 0.25) is 0 Å². The first-order valence-corrected chi connectivity index (χ1v) is 6.26. The number of hydrogen-bond acceptors (Lipinski definition) is 3. The Labute approximate surface area is 115 Å². The van der Waals surface area contributed by atoms with E-state index < -0.39 is 23.9 Å². The van der Waals surface area contributed by atoms with Crippen molar-refractivity contribution in [3.8, 4) is 0 Å². The summed E-state index contributed by atoms with van der Waals surface area (Å²) in [6, 6.07) is 1.69. The lowest BCUT2D eigenvalue weighted by Gasteiger charge is -2.21. The maximum Gasteiger partial charge on any atom is 0.393 e. The maximum absolute atomic E-state index is 12.9. The molecule has 1 N–H and O–H groups in total. The van der Waals surface area contributed by atoms with Crippen LogP contribution in [0.15, 0.2) is 18.5 Å². The molecule has 2 heterocycles. The van der Waals surface area contributed by atoms with Crippen molar-refractivity contribution in [1.82, 2.24) is 9.88 Å². The lowest BCUT2D eigenvalue weighted by atomic mass is 9.94. The van der Waals surface area contributed by atoms with Crippen molar-refractivity contribution in [2.45, 2.75) is 13.1 Å². The summed E-state index contributed by atoms with van der Waals surface area (Å²) in [4.78, 5) is 17.5. The molecule has 1 aliphatic rings. The number of pyridine rings is 1. The summed E-state index contributed by atoms with van der Waals surface area (Å²) < 4.78 is 38.8. The van der Waals surface area contributed by atoms with E-state index in [-0.39, 0.29) is 13.1 Å². The molecule has 1 aliphatic heterocycles. The van der Waals surface area contributed by atoms with E-state index in [4.69, 9.17) is 0 Å². The van der Waals surface area contributed by atoms with E-state index in [1.165, 1.54) is 11.1 Å². The van der Waals surface area contributed by atoms with E-state index >= 15 is 0 Å². The fourth-order valence-electron chi connectivity index (χ4n) is 2.42. The van der Waals surface area contributed by atoms with E-state index in [2.05, 4.69) is 10.3 Å². The van der Waals surface area contributed by atoms with Crippen LogP contribution in [0.25, 0.3) is 0 Å². The van der Waals surface area contributed by atoms with Gasteiger partial charge in [-0.25, -0.2) is 0 Å². The van der Waals surface area contributed by atoms with Gasteiger partial charge in [0.25, 0.3) is 0 Å². The predicted octanol–water partition coefficient (Wildman–Crippen LogP) is 2.07. The Balaban J connectivity index is 2.14. The standard InChI is InChI=1S/C13H16F3N3O/c1-8-3-4-17-5-11(8)18-12(20)9-6-19(2)7-10(9)13(14,15)16/h3-5,9-10H,6-7H2,1-2H3,(H,18,20)/t9-,10-/m1/s1. The number of alkyl halides is 3. The van der Waals surface area contributed by atoms with Crippen LogP contribution < -0.4 is 5.32 Å². The number of aromatic nitrogens is 1. The number of carbonyl (C=O) groups is 1. The molecule has 1 amide bonds. The number of carbonyl (C=O) groups excluding carboxylic acids is 1. The predicted molar refractivity (Wildman–Crippen MR) is 68.1 cm³/mol. The number of nitrogens with zero attached hydrogens (tertiary/aromatic N) is 2. The third-order valence-corrected chi connectivity index (χ3v) is 3.56. The number of anilines is 1. The van der Waals surface area contributed by atoms with E-state index in [0.29, 0.717) is 5.69 Å². The van der Waals surface area contributed by atoms with Crippen LogP contribution in [0.1, 0.15) is 5.56 Å². The van der Waals surface area contributed by atoms with Crippen LogP contribution in [-0.2, 0) is 4.79 Å². The molecule has 1 fully saturated rings. The van der Waals surface area contributed by atoms with E-state index in [9.17, 15) is 18.0 Å². The molecule has 0 aromatic carbocycles. The second-order valence-electron chi connectivity index (χ2n) is 5.16. The van der Waals surface area contributed by atoms with E-state index in [0.717, 1.165) is 5.56 Å². The van der Waals surface area contributed by atoms with Gasteiger partial charge in [0, 0.05) is 19.3 Å². The summed E-state index contributed by atoms with van der Waals surface area (Å²) in [6.07, 6.45) is -1.36. The molecule has 0 radical (unpaired) electrons. The lowest BCUT2D eigenvalue weighted by Crippen LogP contribution is -2.36. The fraction of sp³-hybridized carbons (Fsp3) is 0.538. The number of halogens is 3. The minimum Gasteiger partial charge on any atom is -0.324 e. The van der Waals surface area contributed by atoms with Gasteiger partial charge in [-0.1, -0.05) is 0 Å². The third-order valence-electron chi connectivity index (χ3n) is 3.56. The van der Waals surface area contributed by atoms with Crippen LogP contribution in [0.5, 0.6) is 0 Å². The fourth-order valence-corrected chi connectivity index (χ4v) is 2.42. The monoisotopic (exact) mass is 287 g/mol. The molecule has 20 heavy (non-hydrogen) atoms. The topological polar surface area (TPSA) is 45.2 Å². The van der Waals surface area contributed by atoms with Gasteiger partial charge in [0.15, 0.2) is 0 Å². The second kappa shape index (κ2) is 5.40. The maximum atomic E-state index is 12.9. The van der Waals surface area contributed by atoms with Crippen LogP contribution in [0, 0.1) is 18.8 Å².